The van der Waals surface area contributed by atoms with Gasteiger partial charge in [0, 0.05) is 17.2 Å². The minimum Gasteiger partial charge on any atom is -0.289 e. The van der Waals surface area contributed by atoms with E-state index in [2.05, 4.69) is 4.98 Å². The van der Waals surface area contributed by atoms with Crippen molar-refractivity contribution < 1.29 is 9.72 Å². The summed E-state index contributed by atoms with van der Waals surface area (Å²) in [5.41, 5.74) is 1.56. The smallest absolute Gasteiger partial charge is 0.284 e. The normalized spacial score (nSPS) is 10.8. The van der Waals surface area contributed by atoms with E-state index in [0.717, 1.165) is 14.6 Å². The Morgan fingerprint density at radius 1 is 0.963 bits per heavy atom. The summed E-state index contributed by atoms with van der Waals surface area (Å²) in [6, 6.07) is 21.0. The number of hydrogen-bond donors (Lipinski definition) is 0. The number of aromatic nitrogens is 1. The van der Waals surface area contributed by atoms with Crippen molar-refractivity contribution in [2.24, 2.45) is 0 Å². The maximum atomic E-state index is 12.6. The summed E-state index contributed by atoms with van der Waals surface area (Å²) < 4.78 is 1.75. The molecule has 0 N–H and O–H groups in total. The van der Waals surface area contributed by atoms with Gasteiger partial charge in [0.2, 0.25) is 0 Å². The average molecular weight is 392 g/mol. The maximum Gasteiger partial charge on any atom is 0.284 e. The number of nitrogens with zero attached hydrogens (tertiary/aromatic N) is 2. The van der Waals surface area contributed by atoms with E-state index >= 15 is 0 Å². The van der Waals surface area contributed by atoms with E-state index in [1.54, 1.807) is 36.4 Å². The van der Waals surface area contributed by atoms with Gasteiger partial charge in [0.1, 0.15) is 0 Å². The number of benzene rings is 3. The molecule has 0 bridgehead atoms. The summed E-state index contributed by atoms with van der Waals surface area (Å²) in [4.78, 5) is 28.6. The molecule has 0 aliphatic carbocycles. The fourth-order valence-electron chi connectivity index (χ4n) is 2.63. The van der Waals surface area contributed by atoms with Gasteiger partial charge in [-0.1, -0.05) is 54.2 Å². The van der Waals surface area contributed by atoms with Gasteiger partial charge in [-0.3, -0.25) is 14.9 Å². The van der Waals surface area contributed by atoms with Crippen LogP contribution in [0.5, 0.6) is 0 Å². The van der Waals surface area contributed by atoms with Crippen LogP contribution in [0.1, 0.15) is 15.9 Å². The Balaban J connectivity index is 1.69. The van der Waals surface area contributed by atoms with Crippen LogP contribution in [-0.4, -0.2) is 15.7 Å². The predicted octanol–water partition coefficient (Wildman–Crippen LogP) is 5.59. The lowest BCUT2D eigenvalue weighted by Crippen LogP contribution is -2.02. The molecule has 0 atom stereocenters. The lowest BCUT2D eigenvalue weighted by atomic mass is 10.0. The second-order valence-corrected chi connectivity index (χ2v) is 8.00. The average Bonchev–Trinajstić information content (AvgIpc) is 3.10. The third-order valence-corrected chi connectivity index (χ3v) is 6.09. The number of carbonyl (C=O) groups is 1. The van der Waals surface area contributed by atoms with E-state index in [9.17, 15) is 14.9 Å². The van der Waals surface area contributed by atoms with Crippen LogP contribution in [0.2, 0.25) is 0 Å². The number of hydrogen-bond acceptors (Lipinski definition) is 6. The molecule has 1 aromatic heterocycles. The number of carbonyl (C=O) groups excluding carboxylic acids is 1. The Hall–Kier alpha value is -3.03. The minimum absolute atomic E-state index is 0.0963. The lowest BCUT2D eigenvalue weighted by Gasteiger charge is -2.04. The Kier molecular flexibility index (Phi) is 4.70. The van der Waals surface area contributed by atoms with Crippen LogP contribution in [0.3, 0.4) is 0 Å². The topological polar surface area (TPSA) is 73.1 Å². The molecule has 7 heteroatoms. The molecule has 3 aromatic carbocycles. The molecular weight excluding hydrogens is 380 g/mol. The third kappa shape index (κ3) is 3.60. The fraction of sp³-hybridized carbons (Fsp3) is 0. The first-order valence-corrected chi connectivity index (χ1v) is 9.67. The van der Waals surface area contributed by atoms with Crippen LogP contribution >= 0.6 is 23.1 Å². The summed E-state index contributed by atoms with van der Waals surface area (Å²) in [6.07, 6.45) is 0. The van der Waals surface area contributed by atoms with Crippen LogP contribution in [0.4, 0.5) is 5.69 Å². The second kappa shape index (κ2) is 7.30. The van der Waals surface area contributed by atoms with E-state index in [4.69, 9.17) is 0 Å². The van der Waals surface area contributed by atoms with Crippen molar-refractivity contribution in [3.8, 4) is 0 Å². The van der Waals surface area contributed by atoms with Gasteiger partial charge >= 0.3 is 0 Å². The number of nitro benzene ring substituents is 1. The van der Waals surface area contributed by atoms with Gasteiger partial charge < -0.3 is 0 Å². The van der Waals surface area contributed by atoms with Crippen LogP contribution in [0, 0.1) is 10.1 Å². The lowest BCUT2D eigenvalue weighted by molar-refractivity contribution is -0.387. The van der Waals surface area contributed by atoms with Crippen LogP contribution in [0.25, 0.3) is 10.2 Å². The minimum atomic E-state index is -0.461. The molecule has 5 nitrogen and oxygen atoms in total. The summed E-state index contributed by atoms with van der Waals surface area (Å²) >= 11 is 2.72. The first kappa shape index (κ1) is 17.4. The van der Waals surface area contributed by atoms with E-state index in [1.165, 1.54) is 29.2 Å². The van der Waals surface area contributed by atoms with Crippen molar-refractivity contribution in [2.75, 3.05) is 0 Å². The SMILES string of the molecule is O=C(c1ccccc1)c1ccc(Sc2nc3ccccc3s2)c([N+](=O)[O-])c1. The highest BCUT2D eigenvalue weighted by Crippen LogP contribution is 2.39. The predicted molar refractivity (Wildman–Crippen MR) is 107 cm³/mol. The molecule has 0 radical (unpaired) electrons. The number of ketones is 1. The van der Waals surface area contributed by atoms with Crippen molar-refractivity contribution in [1.29, 1.82) is 0 Å². The number of fused-ring (bicyclic) bond motifs is 1. The quantitative estimate of drug-likeness (QED) is 0.252. The molecular formula is C20H12N2O3S2. The highest BCUT2D eigenvalue weighted by Gasteiger charge is 2.20. The van der Waals surface area contributed by atoms with E-state index < -0.39 is 4.92 Å². The number of nitro groups is 1. The van der Waals surface area contributed by atoms with Crippen molar-refractivity contribution in [3.05, 3.63) is 94.0 Å². The zero-order valence-electron chi connectivity index (χ0n) is 13.9. The van der Waals surface area contributed by atoms with Gasteiger partial charge in [0.05, 0.1) is 20.0 Å². The number of rotatable bonds is 5. The van der Waals surface area contributed by atoms with Gasteiger partial charge in [-0.15, -0.1) is 11.3 Å². The molecule has 132 valence electrons. The van der Waals surface area contributed by atoms with Crippen LogP contribution in [-0.2, 0) is 0 Å². The molecule has 1 heterocycles. The molecule has 0 saturated carbocycles. The van der Waals surface area contributed by atoms with Gasteiger partial charge in [-0.2, -0.15) is 0 Å². The van der Waals surface area contributed by atoms with Gasteiger partial charge in [-0.05, 0) is 24.3 Å². The monoisotopic (exact) mass is 392 g/mol. The van der Waals surface area contributed by atoms with Gasteiger partial charge in [-0.25, -0.2) is 4.98 Å². The largest absolute Gasteiger partial charge is 0.289 e. The third-order valence-electron chi connectivity index (χ3n) is 3.93. The van der Waals surface area contributed by atoms with Crippen molar-refractivity contribution >= 4 is 44.8 Å². The zero-order valence-corrected chi connectivity index (χ0v) is 15.5. The zero-order chi connectivity index (χ0) is 18.8. The summed E-state index contributed by atoms with van der Waals surface area (Å²) in [5.74, 6) is -0.241. The molecule has 4 rings (SSSR count). The molecule has 0 aliphatic rings. The molecule has 0 spiro atoms. The van der Waals surface area contributed by atoms with E-state index in [1.807, 2.05) is 30.3 Å². The molecule has 0 fully saturated rings. The Bertz CT molecular complexity index is 1120. The first-order valence-electron chi connectivity index (χ1n) is 8.03. The molecule has 0 saturated heterocycles. The van der Waals surface area contributed by atoms with E-state index in [0.29, 0.717) is 16.0 Å². The van der Waals surface area contributed by atoms with Crippen LogP contribution < -0.4 is 0 Å². The molecule has 4 aromatic rings. The summed E-state index contributed by atoms with van der Waals surface area (Å²) in [7, 11) is 0. The van der Waals surface area contributed by atoms with Gasteiger partial charge in [0.25, 0.3) is 5.69 Å². The highest BCUT2D eigenvalue weighted by molar-refractivity contribution is 8.01. The molecule has 0 aliphatic heterocycles. The fourth-order valence-corrected chi connectivity index (χ4v) is 4.74. The highest BCUT2D eigenvalue weighted by atomic mass is 32.2. The number of para-hydroxylation sites is 1. The second-order valence-electron chi connectivity index (χ2n) is 5.68. The maximum absolute atomic E-state index is 12.6. The standard InChI is InChI=1S/C20H12N2O3S2/c23-19(13-6-2-1-3-7-13)14-10-11-18(16(12-14)22(24)25)27-20-21-15-8-4-5-9-17(15)26-20/h1-12H. The summed E-state index contributed by atoms with van der Waals surface area (Å²) in [5, 5.41) is 11.6. The van der Waals surface area contributed by atoms with E-state index in [-0.39, 0.29) is 11.5 Å². The molecule has 0 unspecified atom stereocenters. The van der Waals surface area contributed by atoms with Crippen molar-refractivity contribution in [3.63, 3.8) is 0 Å². The first-order chi connectivity index (χ1) is 13.1. The number of thiazole rings is 1. The Labute approximate surface area is 162 Å². The van der Waals surface area contributed by atoms with Crippen LogP contribution in [0.15, 0.2) is 82.0 Å². The van der Waals surface area contributed by atoms with Crippen molar-refractivity contribution in [1.82, 2.24) is 4.98 Å². The summed E-state index contributed by atoms with van der Waals surface area (Å²) in [6.45, 7) is 0. The Morgan fingerprint density at radius 3 is 2.44 bits per heavy atom. The Morgan fingerprint density at radius 2 is 1.70 bits per heavy atom. The van der Waals surface area contributed by atoms with Crippen molar-refractivity contribution in [2.45, 2.75) is 9.24 Å². The van der Waals surface area contributed by atoms with Gasteiger partial charge in [0.15, 0.2) is 10.1 Å². The molecule has 27 heavy (non-hydrogen) atoms. The molecule has 0 amide bonds.